The fraction of sp³-hybridized carbons (Fsp3) is 0.440. The first-order valence-electron chi connectivity index (χ1n) is 12.4. The molecule has 14 heteroatoms. The van der Waals surface area contributed by atoms with Gasteiger partial charge in [0.2, 0.25) is 5.95 Å². The largest absolute Gasteiger partial charge is 0.490 e. The Kier molecular flexibility index (Phi) is 8.67. The van der Waals surface area contributed by atoms with Crippen LogP contribution in [0.3, 0.4) is 0 Å². The van der Waals surface area contributed by atoms with Crippen LogP contribution in [0, 0.1) is 0 Å². The fourth-order valence-electron chi connectivity index (χ4n) is 4.95. The second-order valence-corrected chi connectivity index (χ2v) is 9.54. The zero-order valence-corrected chi connectivity index (χ0v) is 21.3. The normalized spacial score (nSPS) is 18.6. The molecule has 3 N–H and O–H groups in total. The van der Waals surface area contributed by atoms with Crippen LogP contribution in [0.2, 0.25) is 0 Å². The van der Waals surface area contributed by atoms with E-state index in [0.29, 0.717) is 11.9 Å². The lowest BCUT2D eigenvalue weighted by Gasteiger charge is -2.36. The number of aromatic nitrogens is 3. The number of hydrogen-bond donors (Lipinski definition) is 3. The molecule has 0 spiro atoms. The first kappa shape index (κ1) is 28.3. The average molecular weight is 550 g/mol. The van der Waals surface area contributed by atoms with Gasteiger partial charge in [-0.1, -0.05) is 18.2 Å². The molecule has 2 aliphatic rings. The summed E-state index contributed by atoms with van der Waals surface area (Å²) in [5, 5.41) is 17.2. The number of hydroxylamine groups is 1. The van der Waals surface area contributed by atoms with E-state index in [4.69, 9.17) is 15.1 Å². The van der Waals surface area contributed by atoms with Gasteiger partial charge in [0.05, 0.1) is 12.2 Å². The van der Waals surface area contributed by atoms with Crippen LogP contribution < -0.4 is 10.4 Å². The third kappa shape index (κ3) is 6.82. The average Bonchev–Trinajstić information content (AvgIpc) is 3.53. The quantitative estimate of drug-likeness (QED) is 0.325. The summed E-state index contributed by atoms with van der Waals surface area (Å²) in [6, 6.07) is 8.69. The summed E-state index contributed by atoms with van der Waals surface area (Å²) in [6.45, 7) is 6.84. The number of benzene rings is 1. The molecule has 210 valence electrons. The van der Waals surface area contributed by atoms with Gasteiger partial charge in [0.15, 0.2) is 0 Å². The number of likely N-dealkylation sites (tertiary alicyclic amines) is 1. The zero-order chi connectivity index (χ0) is 28.2. The molecule has 39 heavy (non-hydrogen) atoms. The number of amides is 1. The second kappa shape index (κ2) is 12.0. The van der Waals surface area contributed by atoms with Crippen LogP contribution in [0.1, 0.15) is 28.3 Å². The maximum absolute atomic E-state index is 11.4. The van der Waals surface area contributed by atoms with E-state index in [9.17, 15) is 18.0 Å². The predicted molar refractivity (Wildman–Crippen MR) is 135 cm³/mol. The number of piperazine rings is 1. The van der Waals surface area contributed by atoms with E-state index in [-0.39, 0.29) is 5.56 Å². The Morgan fingerprint density at radius 2 is 1.69 bits per heavy atom. The minimum Gasteiger partial charge on any atom is -0.475 e. The summed E-state index contributed by atoms with van der Waals surface area (Å²) in [6.07, 6.45) is 1.32. The molecule has 3 aromatic rings. The number of carboxylic acid groups (broad SMARTS) is 1. The van der Waals surface area contributed by atoms with Gasteiger partial charge in [-0.15, -0.1) is 0 Å². The number of nitrogens with zero attached hydrogens (tertiary/aromatic N) is 6. The van der Waals surface area contributed by atoms with Crippen molar-refractivity contribution >= 4 is 28.7 Å². The van der Waals surface area contributed by atoms with Crippen molar-refractivity contribution in [2.24, 2.45) is 7.05 Å². The van der Waals surface area contributed by atoms with Gasteiger partial charge in [-0.2, -0.15) is 13.2 Å². The number of carboxylic acids is 1. The molecule has 0 aliphatic carbocycles. The third-order valence-electron chi connectivity index (χ3n) is 6.94. The van der Waals surface area contributed by atoms with Crippen LogP contribution >= 0.6 is 0 Å². The highest BCUT2D eigenvalue weighted by molar-refractivity contribution is 5.92. The number of aryl methyl sites for hydroxylation is 1. The Morgan fingerprint density at radius 3 is 2.31 bits per heavy atom. The molecule has 1 aromatic carbocycles. The molecule has 2 aliphatic heterocycles. The molecule has 11 nitrogen and oxygen atoms in total. The van der Waals surface area contributed by atoms with Crippen LogP contribution in [0.15, 0.2) is 42.9 Å². The molecule has 0 bridgehead atoms. The Bertz CT molecular complexity index is 1290. The van der Waals surface area contributed by atoms with Crippen LogP contribution in [0.25, 0.3) is 10.9 Å². The Morgan fingerprint density at radius 1 is 1.05 bits per heavy atom. The van der Waals surface area contributed by atoms with E-state index in [0.717, 1.165) is 45.9 Å². The first-order valence-corrected chi connectivity index (χ1v) is 12.4. The maximum atomic E-state index is 11.4. The molecule has 1 atom stereocenters. The summed E-state index contributed by atoms with van der Waals surface area (Å²) in [4.78, 5) is 36.1. The summed E-state index contributed by atoms with van der Waals surface area (Å²) < 4.78 is 34.0. The van der Waals surface area contributed by atoms with Gasteiger partial charge in [-0.05, 0) is 24.0 Å². The van der Waals surface area contributed by atoms with E-state index < -0.39 is 18.1 Å². The molecule has 5 rings (SSSR count). The van der Waals surface area contributed by atoms with Gasteiger partial charge in [0.25, 0.3) is 5.91 Å². The maximum Gasteiger partial charge on any atom is 0.490 e. The van der Waals surface area contributed by atoms with Gasteiger partial charge < -0.3 is 14.6 Å². The third-order valence-corrected chi connectivity index (χ3v) is 6.94. The lowest BCUT2D eigenvalue weighted by molar-refractivity contribution is -0.192. The van der Waals surface area contributed by atoms with E-state index in [1.807, 2.05) is 0 Å². The van der Waals surface area contributed by atoms with E-state index >= 15 is 0 Å². The lowest BCUT2D eigenvalue weighted by atomic mass is 9.98. The number of alkyl halides is 3. The van der Waals surface area contributed by atoms with Gasteiger partial charge in [0.1, 0.15) is 0 Å². The van der Waals surface area contributed by atoms with Crippen molar-refractivity contribution in [3.63, 3.8) is 0 Å². The highest BCUT2D eigenvalue weighted by Gasteiger charge is 2.38. The van der Waals surface area contributed by atoms with Crippen molar-refractivity contribution in [2.45, 2.75) is 18.5 Å². The standard InChI is InChI=1S/C23H29N7O2.C2HF3O2/c1-27-15-20(19-4-2-3-5-21(19)27)17-6-7-29(14-17)16-28-8-10-30(11-9-28)23-24-12-18(13-25-23)22(31)26-32;3-2(4,5)1(6)7/h2-5,12-13,15,17,32H,6-11,14,16H2,1H3,(H,26,31);(H,6,7). The molecule has 0 saturated carbocycles. The number of hydrogen-bond acceptors (Lipinski definition) is 8. The van der Waals surface area contributed by atoms with E-state index in [1.165, 1.54) is 35.3 Å². The number of carbonyl (C=O) groups excluding carboxylic acids is 1. The van der Waals surface area contributed by atoms with Crippen molar-refractivity contribution < 1.29 is 33.1 Å². The van der Waals surface area contributed by atoms with Crippen molar-refractivity contribution in [1.29, 1.82) is 0 Å². The summed E-state index contributed by atoms with van der Waals surface area (Å²) >= 11 is 0. The van der Waals surface area contributed by atoms with Crippen molar-refractivity contribution in [2.75, 3.05) is 50.8 Å². The smallest absolute Gasteiger partial charge is 0.475 e. The SMILES string of the molecule is Cn1cc(C2CCN(CN3CCN(c4ncc(C(=O)NO)cn4)CC3)C2)c2ccccc21.O=C(O)C(F)(F)F. The molecule has 1 amide bonds. The molecule has 2 saturated heterocycles. The van der Waals surface area contributed by atoms with Crippen LogP contribution in [0.4, 0.5) is 19.1 Å². The number of aliphatic carboxylic acids is 1. The Hall–Kier alpha value is -3.75. The van der Waals surface area contributed by atoms with E-state index in [1.54, 1.807) is 5.48 Å². The second-order valence-electron chi connectivity index (χ2n) is 9.54. The van der Waals surface area contributed by atoms with Gasteiger partial charge in [-0.3, -0.25) is 19.8 Å². The van der Waals surface area contributed by atoms with Crippen molar-refractivity contribution in [3.8, 4) is 0 Å². The first-order chi connectivity index (χ1) is 18.6. The highest BCUT2D eigenvalue weighted by Crippen LogP contribution is 2.33. The molecule has 4 heterocycles. The monoisotopic (exact) mass is 549 g/mol. The summed E-state index contributed by atoms with van der Waals surface area (Å²) in [7, 11) is 2.14. The fourth-order valence-corrected chi connectivity index (χ4v) is 4.95. The topological polar surface area (TPSA) is 127 Å². The lowest BCUT2D eigenvalue weighted by Crippen LogP contribution is -2.50. The number of rotatable bonds is 5. The van der Waals surface area contributed by atoms with Gasteiger partial charge in [-0.25, -0.2) is 20.2 Å². The minimum absolute atomic E-state index is 0.240. The molecule has 2 aromatic heterocycles. The number of halogens is 3. The van der Waals surface area contributed by atoms with Crippen LogP contribution in [-0.2, 0) is 11.8 Å². The summed E-state index contributed by atoms with van der Waals surface area (Å²) in [5.74, 6) is -2.15. The number of anilines is 1. The van der Waals surface area contributed by atoms with Crippen LogP contribution in [0.5, 0.6) is 0 Å². The van der Waals surface area contributed by atoms with E-state index in [2.05, 4.69) is 66.7 Å². The highest BCUT2D eigenvalue weighted by atomic mass is 19.4. The molecule has 1 unspecified atom stereocenters. The number of para-hydroxylation sites is 1. The van der Waals surface area contributed by atoms with Gasteiger partial charge in [0, 0.05) is 75.8 Å². The van der Waals surface area contributed by atoms with Gasteiger partial charge >= 0.3 is 12.1 Å². The molecular formula is C25H30F3N7O4. The number of fused-ring (bicyclic) bond motifs is 1. The summed E-state index contributed by atoms with van der Waals surface area (Å²) in [5.41, 5.74) is 4.63. The minimum atomic E-state index is -5.08. The van der Waals surface area contributed by atoms with Crippen LogP contribution in [-0.4, -0.2) is 98.6 Å². The molecular weight excluding hydrogens is 519 g/mol. The Labute approximate surface area is 222 Å². The van der Waals surface area contributed by atoms with Crippen molar-refractivity contribution in [1.82, 2.24) is 29.8 Å². The zero-order valence-electron chi connectivity index (χ0n) is 21.3. The number of carbonyl (C=O) groups is 2. The molecule has 0 radical (unpaired) electrons. The number of nitrogens with one attached hydrogen (secondary N) is 1. The van der Waals surface area contributed by atoms with Crippen molar-refractivity contribution in [3.05, 3.63) is 54.0 Å². The predicted octanol–water partition coefficient (Wildman–Crippen LogP) is 2.29. The Balaban J connectivity index is 0.000000448. The molecule has 2 fully saturated rings.